The smallest absolute Gasteiger partial charge is 0.264 e. The van der Waals surface area contributed by atoms with Crippen LogP contribution in [0.2, 0.25) is 0 Å². The van der Waals surface area contributed by atoms with E-state index in [4.69, 9.17) is 0 Å². The van der Waals surface area contributed by atoms with Crippen LogP contribution in [0, 0.1) is 5.82 Å². The second-order valence-corrected chi connectivity index (χ2v) is 3.56. The molecule has 14 heavy (non-hydrogen) atoms. The lowest BCUT2D eigenvalue weighted by Crippen LogP contribution is -2.02. The number of hydrogen-bond acceptors (Lipinski definition) is 1. The fourth-order valence-electron chi connectivity index (χ4n) is 1.14. The van der Waals surface area contributed by atoms with Gasteiger partial charge in [0.1, 0.15) is 5.82 Å². The van der Waals surface area contributed by atoms with E-state index in [9.17, 15) is 18.0 Å². The molecule has 1 aromatic rings. The van der Waals surface area contributed by atoms with Gasteiger partial charge in [-0.2, -0.15) is 0 Å². The summed E-state index contributed by atoms with van der Waals surface area (Å²) >= 11 is 2.87. The lowest BCUT2D eigenvalue weighted by molar-refractivity contribution is 0.0998. The van der Waals surface area contributed by atoms with Crippen molar-refractivity contribution in [3.63, 3.8) is 0 Å². The van der Waals surface area contributed by atoms with Crippen molar-refractivity contribution in [1.82, 2.24) is 0 Å². The molecule has 0 saturated carbocycles. The minimum atomic E-state index is -2.86. The summed E-state index contributed by atoms with van der Waals surface area (Å²) in [5.74, 6) is -1.32. The maximum Gasteiger partial charge on any atom is 0.264 e. The average molecular weight is 267 g/mol. The third-order valence-corrected chi connectivity index (χ3v) is 2.30. The predicted octanol–water partition coefficient (Wildman–Crippen LogP) is 3.73. The summed E-state index contributed by atoms with van der Waals surface area (Å²) in [4.78, 5) is 11.0. The number of ketones is 1. The quantitative estimate of drug-likeness (QED) is 0.746. The molecule has 0 fully saturated rings. The van der Waals surface area contributed by atoms with Crippen molar-refractivity contribution in [3.05, 3.63) is 33.5 Å². The van der Waals surface area contributed by atoms with E-state index in [0.717, 1.165) is 13.0 Å². The molecule has 0 amide bonds. The van der Waals surface area contributed by atoms with E-state index >= 15 is 0 Å². The van der Waals surface area contributed by atoms with Gasteiger partial charge in [0.05, 0.1) is 0 Å². The molecule has 0 N–H and O–H groups in total. The number of rotatable bonds is 2. The Kier molecular flexibility index (Phi) is 3.31. The molecule has 0 atom stereocenters. The van der Waals surface area contributed by atoms with Gasteiger partial charge in [0.25, 0.3) is 6.43 Å². The molecule has 0 aliphatic carbocycles. The minimum absolute atomic E-state index is 0.0558. The van der Waals surface area contributed by atoms with Gasteiger partial charge in [-0.3, -0.25) is 4.79 Å². The third kappa shape index (κ3) is 2.15. The van der Waals surface area contributed by atoms with Crippen LogP contribution >= 0.6 is 15.9 Å². The molecule has 0 aliphatic rings. The van der Waals surface area contributed by atoms with Crippen molar-refractivity contribution in [1.29, 1.82) is 0 Å². The maximum atomic E-state index is 12.8. The van der Waals surface area contributed by atoms with Crippen LogP contribution in [0.15, 0.2) is 16.6 Å². The largest absolute Gasteiger partial charge is 0.294 e. The maximum absolute atomic E-state index is 12.8. The zero-order chi connectivity index (χ0) is 10.9. The Morgan fingerprint density at radius 3 is 2.43 bits per heavy atom. The fourth-order valence-corrected chi connectivity index (χ4v) is 1.86. The monoisotopic (exact) mass is 266 g/mol. The van der Waals surface area contributed by atoms with E-state index in [0.29, 0.717) is 6.07 Å². The number of alkyl halides is 2. The predicted molar refractivity (Wildman–Crippen MR) is 49.1 cm³/mol. The molecular formula is C9H6BrF3O. The Balaban J connectivity index is 3.44. The van der Waals surface area contributed by atoms with E-state index in [1.807, 2.05) is 0 Å². The fraction of sp³-hybridized carbons (Fsp3) is 0.222. The first-order valence-corrected chi connectivity index (χ1v) is 4.50. The molecule has 5 heteroatoms. The first-order chi connectivity index (χ1) is 6.43. The molecule has 0 saturated heterocycles. The molecule has 1 aromatic carbocycles. The van der Waals surface area contributed by atoms with Crippen molar-refractivity contribution in [2.45, 2.75) is 13.3 Å². The zero-order valence-corrected chi connectivity index (χ0v) is 8.74. The van der Waals surface area contributed by atoms with Gasteiger partial charge in [-0.1, -0.05) is 0 Å². The van der Waals surface area contributed by atoms with Crippen LogP contribution in [0.5, 0.6) is 0 Å². The summed E-state index contributed by atoms with van der Waals surface area (Å²) in [5.41, 5.74) is -0.745. The molecule has 0 aliphatic heterocycles. The topological polar surface area (TPSA) is 17.1 Å². The highest BCUT2D eigenvalue weighted by Crippen LogP contribution is 2.30. The lowest BCUT2D eigenvalue weighted by Gasteiger charge is -2.08. The van der Waals surface area contributed by atoms with E-state index in [2.05, 4.69) is 15.9 Å². The molecule has 0 unspecified atom stereocenters. The standard InChI is InChI=1S/C9H6BrF3O/c1-4(14)8-6(9(12)13)2-5(11)3-7(8)10/h2-3,9H,1H3. The van der Waals surface area contributed by atoms with E-state index in [1.165, 1.54) is 0 Å². The molecule has 1 nitrogen and oxygen atoms in total. The van der Waals surface area contributed by atoms with E-state index < -0.39 is 23.6 Å². The highest BCUT2D eigenvalue weighted by Gasteiger charge is 2.19. The Morgan fingerprint density at radius 2 is 2.00 bits per heavy atom. The number of benzene rings is 1. The van der Waals surface area contributed by atoms with E-state index in [-0.39, 0.29) is 10.0 Å². The number of hydrogen-bond donors (Lipinski definition) is 0. The molecule has 1 rings (SSSR count). The van der Waals surface area contributed by atoms with Gasteiger partial charge in [-0.05, 0) is 35.0 Å². The summed E-state index contributed by atoms with van der Waals surface area (Å²) in [7, 11) is 0. The van der Waals surface area contributed by atoms with Gasteiger partial charge in [0.2, 0.25) is 0 Å². The Labute approximate surface area is 87.1 Å². The Bertz CT molecular complexity index is 377. The van der Waals surface area contributed by atoms with Crippen LogP contribution in [-0.4, -0.2) is 5.78 Å². The Morgan fingerprint density at radius 1 is 1.43 bits per heavy atom. The van der Waals surface area contributed by atoms with Crippen LogP contribution in [0.4, 0.5) is 13.2 Å². The normalized spacial score (nSPS) is 10.7. The van der Waals surface area contributed by atoms with Gasteiger partial charge in [0.15, 0.2) is 5.78 Å². The SMILES string of the molecule is CC(=O)c1c(Br)cc(F)cc1C(F)F. The van der Waals surface area contributed by atoms with Gasteiger partial charge in [-0.25, -0.2) is 13.2 Å². The molecule has 0 radical (unpaired) electrons. The molecular weight excluding hydrogens is 261 g/mol. The number of carbonyl (C=O) groups is 1. The second kappa shape index (κ2) is 4.13. The van der Waals surface area contributed by atoms with Crippen molar-refractivity contribution in [2.75, 3.05) is 0 Å². The van der Waals surface area contributed by atoms with Crippen LogP contribution < -0.4 is 0 Å². The van der Waals surface area contributed by atoms with Crippen molar-refractivity contribution in [3.8, 4) is 0 Å². The summed E-state index contributed by atoms with van der Waals surface area (Å²) < 4.78 is 37.6. The zero-order valence-electron chi connectivity index (χ0n) is 7.15. The average Bonchev–Trinajstić information content (AvgIpc) is 2.01. The highest BCUT2D eigenvalue weighted by atomic mass is 79.9. The summed E-state index contributed by atoms with van der Waals surface area (Å²) in [6.07, 6.45) is -2.86. The number of carbonyl (C=O) groups excluding carboxylic acids is 1. The first kappa shape index (κ1) is 11.2. The van der Waals surface area contributed by atoms with Crippen LogP contribution in [-0.2, 0) is 0 Å². The van der Waals surface area contributed by atoms with Gasteiger partial charge in [0, 0.05) is 15.6 Å². The van der Waals surface area contributed by atoms with Crippen molar-refractivity contribution >= 4 is 21.7 Å². The summed E-state index contributed by atoms with van der Waals surface area (Å²) in [6.45, 7) is 1.16. The molecule has 0 bridgehead atoms. The second-order valence-electron chi connectivity index (χ2n) is 2.71. The highest BCUT2D eigenvalue weighted by molar-refractivity contribution is 9.10. The van der Waals surface area contributed by atoms with Crippen molar-refractivity contribution in [2.24, 2.45) is 0 Å². The Hall–Kier alpha value is -0.840. The van der Waals surface area contributed by atoms with Gasteiger partial charge in [-0.15, -0.1) is 0 Å². The summed E-state index contributed by atoms with van der Waals surface area (Å²) in [5, 5.41) is 0. The van der Waals surface area contributed by atoms with Crippen molar-refractivity contribution < 1.29 is 18.0 Å². The molecule has 0 heterocycles. The van der Waals surface area contributed by atoms with Crippen LogP contribution in [0.1, 0.15) is 29.3 Å². The number of halogens is 4. The third-order valence-electron chi connectivity index (χ3n) is 1.67. The van der Waals surface area contributed by atoms with Crippen LogP contribution in [0.25, 0.3) is 0 Å². The minimum Gasteiger partial charge on any atom is -0.294 e. The van der Waals surface area contributed by atoms with E-state index in [1.54, 1.807) is 0 Å². The molecule has 76 valence electrons. The molecule has 0 spiro atoms. The number of Topliss-reactive ketones (excluding diaryl/α,β-unsaturated/α-hetero) is 1. The summed E-state index contributed by atoms with van der Waals surface area (Å²) in [6, 6.07) is 1.66. The molecule has 0 aromatic heterocycles. The van der Waals surface area contributed by atoms with Crippen LogP contribution in [0.3, 0.4) is 0 Å². The van der Waals surface area contributed by atoms with Gasteiger partial charge < -0.3 is 0 Å². The lowest BCUT2D eigenvalue weighted by atomic mass is 10.0. The first-order valence-electron chi connectivity index (χ1n) is 3.71. The van der Waals surface area contributed by atoms with Gasteiger partial charge >= 0.3 is 0 Å².